The molecule has 1 aliphatic rings. The summed E-state index contributed by atoms with van der Waals surface area (Å²) in [6.07, 6.45) is 29.3. The van der Waals surface area contributed by atoms with E-state index in [2.05, 4.69) is 45.4 Å². The van der Waals surface area contributed by atoms with Crippen molar-refractivity contribution in [1.29, 1.82) is 5.26 Å². The second-order valence-corrected chi connectivity index (χ2v) is 14.8. The number of amides is 1. The first-order valence-corrected chi connectivity index (χ1v) is 19.6. The Morgan fingerprint density at radius 2 is 1.23 bits per heavy atom. The lowest BCUT2D eigenvalue weighted by Gasteiger charge is -2.36. The van der Waals surface area contributed by atoms with E-state index in [1.54, 1.807) is 0 Å². The molecule has 0 aromatic rings. The maximum Gasteiger partial charge on any atom is 0.259 e. The Bertz CT molecular complexity index is 692. The molecule has 1 heterocycles. The molecular formula is C36H70N3O3P. The van der Waals surface area contributed by atoms with Gasteiger partial charge >= 0.3 is 0 Å². The average molecular weight is 624 g/mol. The van der Waals surface area contributed by atoms with Crippen LogP contribution in [0.15, 0.2) is 0 Å². The molecule has 0 aromatic heterocycles. The van der Waals surface area contributed by atoms with Crippen molar-refractivity contribution in [1.82, 2.24) is 9.57 Å². The monoisotopic (exact) mass is 624 g/mol. The van der Waals surface area contributed by atoms with E-state index in [0.29, 0.717) is 26.0 Å². The lowest BCUT2D eigenvalue weighted by molar-refractivity contribution is -0.130. The van der Waals surface area contributed by atoms with E-state index in [9.17, 15) is 4.79 Å². The summed E-state index contributed by atoms with van der Waals surface area (Å²) >= 11 is 0. The van der Waals surface area contributed by atoms with E-state index in [4.69, 9.17) is 14.3 Å². The molecule has 0 N–H and O–H groups in total. The Hall–Kier alpha value is -0.730. The van der Waals surface area contributed by atoms with Gasteiger partial charge in [0.05, 0.1) is 25.2 Å². The Labute approximate surface area is 269 Å². The third-order valence-corrected chi connectivity index (χ3v) is 10.8. The van der Waals surface area contributed by atoms with Crippen molar-refractivity contribution in [2.45, 2.75) is 200 Å². The highest BCUT2D eigenvalue weighted by Gasteiger charge is 2.34. The van der Waals surface area contributed by atoms with E-state index >= 15 is 0 Å². The Morgan fingerprint density at radius 1 is 0.791 bits per heavy atom. The van der Waals surface area contributed by atoms with Crippen LogP contribution in [0.3, 0.4) is 0 Å². The fraction of sp³-hybridized carbons (Fsp3) is 0.944. The highest BCUT2D eigenvalue weighted by Crippen LogP contribution is 2.48. The number of hydrogen-bond acceptors (Lipinski definition) is 5. The number of nitrogens with zero attached hydrogens (tertiary/aromatic N) is 3. The predicted octanol–water partition coefficient (Wildman–Crippen LogP) is 11.1. The number of rotatable bonds is 29. The van der Waals surface area contributed by atoms with Crippen LogP contribution in [0.25, 0.3) is 0 Å². The van der Waals surface area contributed by atoms with Crippen LogP contribution in [0, 0.1) is 11.3 Å². The second kappa shape index (κ2) is 27.6. The molecule has 0 radical (unpaired) electrons. The molecule has 6 nitrogen and oxygen atoms in total. The van der Waals surface area contributed by atoms with Crippen molar-refractivity contribution in [3.8, 4) is 6.07 Å². The van der Waals surface area contributed by atoms with Gasteiger partial charge in [-0.05, 0) is 40.5 Å². The molecule has 252 valence electrons. The van der Waals surface area contributed by atoms with Gasteiger partial charge in [-0.15, -0.1) is 0 Å². The van der Waals surface area contributed by atoms with Crippen LogP contribution in [0.2, 0.25) is 0 Å². The zero-order valence-corrected chi connectivity index (χ0v) is 30.0. The van der Waals surface area contributed by atoms with Crippen molar-refractivity contribution in [2.75, 3.05) is 19.7 Å². The Morgan fingerprint density at radius 3 is 1.65 bits per heavy atom. The SMILES string of the molecule is CCCCCCCCCCCCCCCCCCCCCCC(=O)N1CC[C@H](OP(OCCC#N)N(C(C)C)C(C)C)C1. The summed E-state index contributed by atoms with van der Waals surface area (Å²) < 4.78 is 14.7. The van der Waals surface area contributed by atoms with Gasteiger partial charge < -0.3 is 13.9 Å². The molecule has 1 amide bonds. The molecule has 1 fully saturated rings. The summed E-state index contributed by atoms with van der Waals surface area (Å²) in [6, 6.07) is 2.72. The summed E-state index contributed by atoms with van der Waals surface area (Å²) in [6.45, 7) is 12.7. The maximum absolute atomic E-state index is 12.8. The standard InChI is InChI=1S/C36H70N3O3P/c1-6-7-8-9-10-11-12-13-14-15-16-17-18-19-20-21-22-23-24-25-27-36(40)38-30-28-35(32-38)42-43(41-31-26-29-37)39(33(2)3)34(4)5/h33-35H,6-28,30-32H2,1-5H3/t35-,43?/m0/s1. The lowest BCUT2D eigenvalue weighted by Crippen LogP contribution is -2.35. The number of hydrogen-bond donors (Lipinski definition) is 0. The molecule has 0 aliphatic carbocycles. The smallest absolute Gasteiger partial charge is 0.259 e. The van der Waals surface area contributed by atoms with Crippen molar-refractivity contribution in [3.05, 3.63) is 0 Å². The van der Waals surface area contributed by atoms with Gasteiger partial charge in [-0.3, -0.25) is 4.79 Å². The minimum absolute atomic E-state index is 0.00653. The van der Waals surface area contributed by atoms with Gasteiger partial charge in [0.25, 0.3) is 8.53 Å². The molecule has 1 saturated heterocycles. The van der Waals surface area contributed by atoms with Crippen molar-refractivity contribution < 1.29 is 13.8 Å². The van der Waals surface area contributed by atoms with Crippen LogP contribution in [-0.2, 0) is 13.8 Å². The highest BCUT2D eigenvalue weighted by molar-refractivity contribution is 7.44. The van der Waals surface area contributed by atoms with Gasteiger partial charge in [0, 0.05) is 31.6 Å². The number of nitriles is 1. The van der Waals surface area contributed by atoms with Gasteiger partial charge in [0.2, 0.25) is 5.91 Å². The summed E-state index contributed by atoms with van der Waals surface area (Å²) in [5.74, 6) is 0.271. The zero-order chi connectivity index (χ0) is 31.5. The predicted molar refractivity (Wildman–Crippen MR) is 184 cm³/mol. The average Bonchev–Trinajstić information content (AvgIpc) is 3.44. The first-order valence-electron chi connectivity index (χ1n) is 18.4. The molecule has 43 heavy (non-hydrogen) atoms. The topological polar surface area (TPSA) is 65.8 Å². The number of carbonyl (C=O) groups excluding carboxylic acids is 1. The quantitative estimate of drug-likeness (QED) is 0.0612. The first-order chi connectivity index (χ1) is 20.9. The maximum atomic E-state index is 12.8. The van der Waals surface area contributed by atoms with E-state index < -0.39 is 8.53 Å². The molecule has 1 aliphatic heterocycles. The molecule has 7 heteroatoms. The van der Waals surface area contributed by atoms with Crippen LogP contribution in [0.5, 0.6) is 0 Å². The first kappa shape index (κ1) is 40.3. The van der Waals surface area contributed by atoms with E-state index in [0.717, 1.165) is 25.8 Å². The van der Waals surface area contributed by atoms with Gasteiger partial charge in [-0.25, -0.2) is 4.67 Å². The molecule has 1 rings (SSSR count). The summed E-state index contributed by atoms with van der Waals surface area (Å²) in [7, 11) is -1.25. The van der Waals surface area contributed by atoms with Crippen molar-refractivity contribution in [2.24, 2.45) is 0 Å². The van der Waals surface area contributed by atoms with E-state index in [1.807, 2.05) is 4.90 Å². The molecular weight excluding hydrogens is 553 g/mol. The molecule has 0 spiro atoms. The van der Waals surface area contributed by atoms with Gasteiger partial charge in [0.1, 0.15) is 0 Å². The second-order valence-electron chi connectivity index (χ2n) is 13.4. The molecule has 0 aromatic carbocycles. The largest absolute Gasteiger partial charge is 0.340 e. The van der Waals surface area contributed by atoms with Gasteiger partial charge in [-0.1, -0.05) is 129 Å². The van der Waals surface area contributed by atoms with Crippen molar-refractivity contribution in [3.63, 3.8) is 0 Å². The number of unbranched alkanes of at least 4 members (excludes halogenated alkanes) is 19. The minimum Gasteiger partial charge on any atom is -0.340 e. The zero-order valence-electron chi connectivity index (χ0n) is 29.1. The summed E-state index contributed by atoms with van der Waals surface area (Å²) in [4.78, 5) is 14.8. The van der Waals surface area contributed by atoms with E-state index in [-0.39, 0.29) is 24.1 Å². The molecule has 1 unspecified atom stereocenters. The van der Waals surface area contributed by atoms with Crippen molar-refractivity contribution >= 4 is 14.4 Å². The highest BCUT2D eigenvalue weighted by atomic mass is 31.2. The lowest BCUT2D eigenvalue weighted by atomic mass is 10.0. The van der Waals surface area contributed by atoms with Crippen LogP contribution in [-0.4, -0.2) is 53.4 Å². The Balaban J connectivity index is 2.02. The Kier molecular flexibility index (Phi) is 25.8. The van der Waals surface area contributed by atoms with Gasteiger partial charge in [0.15, 0.2) is 0 Å². The van der Waals surface area contributed by atoms with Crippen LogP contribution in [0.4, 0.5) is 0 Å². The fourth-order valence-corrected chi connectivity index (χ4v) is 7.88. The van der Waals surface area contributed by atoms with Crippen LogP contribution < -0.4 is 0 Å². The number of likely N-dealkylation sites (tertiary alicyclic amines) is 1. The van der Waals surface area contributed by atoms with Crippen LogP contribution >= 0.6 is 8.53 Å². The summed E-state index contributed by atoms with van der Waals surface area (Å²) in [5, 5.41) is 8.92. The molecule has 0 saturated carbocycles. The van der Waals surface area contributed by atoms with Crippen LogP contribution in [0.1, 0.15) is 182 Å². The fourth-order valence-electron chi connectivity index (χ4n) is 6.15. The minimum atomic E-state index is -1.25. The third kappa shape index (κ3) is 20.8. The third-order valence-electron chi connectivity index (χ3n) is 8.64. The van der Waals surface area contributed by atoms with E-state index in [1.165, 1.54) is 116 Å². The summed E-state index contributed by atoms with van der Waals surface area (Å²) in [5.41, 5.74) is 0. The van der Waals surface area contributed by atoms with Gasteiger partial charge in [-0.2, -0.15) is 5.26 Å². The molecule has 0 bridgehead atoms. The molecule has 2 atom stereocenters. The normalized spacial score (nSPS) is 16.1. The number of carbonyl (C=O) groups is 1.